The fourth-order valence-electron chi connectivity index (χ4n) is 5.71. The minimum atomic E-state index is 0.167. The number of benzene rings is 3. The van der Waals surface area contributed by atoms with Crippen LogP contribution < -0.4 is 0 Å². The molecule has 0 bridgehead atoms. The summed E-state index contributed by atoms with van der Waals surface area (Å²) in [4.78, 5) is 4.74. The van der Waals surface area contributed by atoms with Gasteiger partial charge in [-0.25, -0.2) is 0 Å². The number of nitrogens with zero attached hydrogens (tertiary/aromatic N) is 1. The van der Waals surface area contributed by atoms with E-state index < -0.39 is 0 Å². The Kier molecular flexibility index (Phi) is 4.64. The van der Waals surface area contributed by atoms with E-state index in [9.17, 15) is 0 Å². The number of rotatable bonds is 3. The summed E-state index contributed by atoms with van der Waals surface area (Å²) in [6, 6.07) is 23.8. The van der Waals surface area contributed by atoms with Gasteiger partial charge in [0, 0.05) is 27.9 Å². The van der Waals surface area contributed by atoms with Gasteiger partial charge in [-0.3, -0.25) is 4.98 Å². The molecule has 1 fully saturated rings. The van der Waals surface area contributed by atoms with Crippen LogP contribution in [0.1, 0.15) is 37.7 Å². The average molecular weight is 415 g/mol. The third-order valence-electron chi connectivity index (χ3n) is 7.79. The van der Waals surface area contributed by atoms with E-state index in [4.69, 9.17) is 9.40 Å². The first-order valence-electron chi connectivity index (χ1n) is 11.9. The maximum atomic E-state index is 6.39. The Morgan fingerprint density at radius 3 is 2.50 bits per heavy atom. The smallest absolute Gasteiger partial charge is 0.143 e. The summed E-state index contributed by atoms with van der Waals surface area (Å²) in [6.45, 7) is 0. The molecule has 1 aliphatic rings. The summed E-state index contributed by atoms with van der Waals surface area (Å²) in [7, 11) is 4.82. The molecule has 0 radical (unpaired) electrons. The first-order valence-corrected chi connectivity index (χ1v) is 11.9. The number of hydrogen-bond donors (Lipinski definition) is 0. The van der Waals surface area contributed by atoms with Crippen molar-refractivity contribution in [2.45, 2.75) is 37.3 Å². The third-order valence-corrected chi connectivity index (χ3v) is 7.79. The van der Waals surface area contributed by atoms with Crippen LogP contribution in [0.15, 0.2) is 77.3 Å². The van der Waals surface area contributed by atoms with Gasteiger partial charge in [-0.1, -0.05) is 79.3 Å². The molecule has 4 heteroatoms. The van der Waals surface area contributed by atoms with E-state index in [0.29, 0.717) is 0 Å². The van der Waals surface area contributed by atoms with E-state index in [1.54, 1.807) is 0 Å². The van der Waals surface area contributed by atoms with Crippen LogP contribution in [-0.4, -0.2) is 20.7 Å². The summed E-state index contributed by atoms with van der Waals surface area (Å²) < 4.78 is 6.39. The van der Waals surface area contributed by atoms with Gasteiger partial charge in [0.05, 0.1) is 5.69 Å². The van der Waals surface area contributed by atoms with E-state index in [1.807, 2.05) is 6.20 Å². The van der Waals surface area contributed by atoms with Gasteiger partial charge < -0.3 is 4.42 Å². The normalized spacial score (nSPS) is 15.6. The molecular formula is C28H27B2NO. The van der Waals surface area contributed by atoms with Crippen LogP contribution in [0.2, 0.25) is 0 Å². The molecule has 0 N–H and O–H groups in total. The molecule has 3 aromatic carbocycles. The highest BCUT2D eigenvalue weighted by Crippen LogP contribution is 2.39. The van der Waals surface area contributed by atoms with Gasteiger partial charge in [-0.05, 0) is 41.6 Å². The maximum absolute atomic E-state index is 6.39. The fourth-order valence-corrected chi connectivity index (χ4v) is 5.71. The largest absolute Gasteiger partial charge is 0.455 e. The van der Waals surface area contributed by atoms with Crippen LogP contribution in [0.25, 0.3) is 44.0 Å². The molecule has 0 spiro atoms. The average Bonchev–Trinajstić information content (AvgIpc) is 3.23. The highest BCUT2D eigenvalue weighted by atomic mass is 16.3. The second-order valence-corrected chi connectivity index (χ2v) is 9.96. The van der Waals surface area contributed by atoms with Crippen molar-refractivity contribution in [3.63, 3.8) is 0 Å². The van der Waals surface area contributed by atoms with Crippen molar-refractivity contribution in [3.05, 3.63) is 78.5 Å². The minimum Gasteiger partial charge on any atom is -0.455 e. The lowest BCUT2D eigenvalue weighted by molar-refractivity contribution is 0.327. The SMILES string of the molecule is BC(B)(c1ccnc(-c2ccc3c(c2)oc2c4ccccc4ccc32)c1)C1CCCCC1. The van der Waals surface area contributed by atoms with Crippen LogP contribution >= 0.6 is 0 Å². The van der Waals surface area contributed by atoms with Crippen molar-refractivity contribution < 1.29 is 4.42 Å². The van der Waals surface area contributed by atoms with E-state index >= 15 is 0 Å². The van der Waals surface area contributed by atoms with Crippen molar-refractivity contribution in [3.8, 4) is 11.3 Å². The Hall–Kier alpha value is -3.00. The third kappa shape index (κ3) is 3.16. The van der Waals surface area contributed by atoms with Crippen LogP contribution in [-0.2, 0) is 5.21 Å². The zero-order valence-corrected chi connectivity index (χ0v) is 18.9. The van der Waals surface area contributed by atoms with Gasteiger partial charge in [0.2, 0.25) is 0 Å². The summed E-state index contributed by atoms with van der Waals surface area (Å²) in [6.07, 6.45) is 8.77. The molecule has 156 valence electrons. The monoisotopic (exact) mass is 415 g/mol. The van der Waals surface area contributed by atoms with E-state index in [1.165, 1.54) is 48.4 Å². The molecule has 0 saturated heterocycles. The van der Waals surface area contributed by atoms with Gasteiger partial charge in [-0.2, -0.15) is 0 Å². The number of aromatic nitrogens is 1. The Labute approximate surface area is 190 Å². The predicted molar refractivity (Wildman–Crippen MR) is 140 cm³/mol. The minimum absolute atomic E-state index is 0.167. The summed E-state index contributed by atoms with van der Waals surface area (Å²) in [5, 5.41) is 4.87. The van der Waals surface area contributed by atoms with Crippen molar-refractivity contribution in [1.82, 2.24) is 4.98 Å². The molecule has 0 aliphatic heterocycles. The molecule has 2 nitrogen and oxygen atoms in total. The van der Waals surface area contributed by atoms with Crippen LogP contribution in [0, 0.1) is 5.92 Å². The highest BCUT2D eigenvalue weighted by Gasteiger charge is 2.32. The fraction of sp³-hybridized carbons (Fsp3) is 0.250. The molecule has 0 amide bonds. The van der Waals surface area contributed by atoms with Gasteiger partial charge in [0.1, 0.15) is 26.9 Å². The zero-order valence-electron chi connectivity index (χ0n) is 18.9. The molecule has 0 atom stereocenters. The first-order chi connectivity index (χ1) is 15.6. The van der Waals surface area contributed by atoms with Gasteiger partial charge >= 0.3 is 0 Å². The predicted octanol–water partition coefficient (Wildman–Crippen LogP) is 5.80. The van der Waals surface area contributed by atoms with E-state index in [0.717, 1.165) is 39.1 Å². The summed E-state index contributed by atoms with van der Waals surface area (Å²) >= 11 is 0. The topological polar surface area (TPSA) is 26.0 Å². The Balaban J connectivity index is 1.43. The lowest BCUT2D eigenvalue weighted by Gasteiger charge is -2.38. The number of furan rings is 1. The number of fused-ring (bicyclic) bond motifs is 5. The Bertz CT molecular complexity index is 1450. The molecule has 5 aromatic rings. The van der Waals surface area contributed by atoms with Crippen molar-refractivity contribution in [2.75, 3.05) is 0 Å². The second kappa shape index (κ2) is 7.55. The summed E-state index contributed by atoms with van der Waals surface area (Å²) in [5.41, 5.74) is 5.42. The highest BCUT2D eigenvalue weighted by molar-refractivity contribution is 6.40. The molecule has 2 aromatic heterocycles. The molecule has 1 saturated carbocycles. The molecular weight excluding hydrogens is 388 g/mol. The van der Waals surface area contributed by atoms with Crippen molar-refractivity contribution >= 4 is 48.4 Å². The lowest BCUT2D eigenvalue weighted by Crippen LogP contribution is -2.37. The maximum Gasteiger partial charge on any atom is 0.143 e. The Morgan fingerprint density at radius 1 is 0.812 bits per heavy atom. The lowest BCUT2D eigenvalue weighted by atomic mass is 9.43. The van der Waals surface area contributed by atoms with Crippen molar-refractivity contribution in [1.29, 1.82) is 0 Å². The van der Waals surface area contributed by atoms with E-state index in [2.05, 4.69) is 82.4 Å². The summed E-state index contributed by atoms with van der Waals surface area (Å²) in [5.74, 6) is 0.748. The van der Waals surface area contributed by atoms with Crippen molar-refractivity contribution in [2.24, 2.45) is 5.92 Å². The van der Waals surface area contributed by atoms with Gasteiger partial charge in [0.15, 0.2) is 0 Å². The van der Waals surface area contributed by atoms with Crippen LogP contribution in [0.4, 0.5) is 0 Å². The molecule has 1 aliphatic carbocycles. The standard InChI is InChI=1S/C28H27B2NO/c29-28(30,20-7-2-1-3-8-20)21-14-15-31-25(17-21)19-11-12-23-24-13-10-18-6-4-5-9-22(18)27(24)32-26(23)16-19/h4-6,9-17,20H,1-3,7-8,29-30H2. The quantitative estimate of drug-likeness (QED) is 0.348. The molecule has 2 heterocycles. The van der Waals surface area contributed by atoms with E-state index in [-0.39, 0.29) is 5.21 Å². The molecule has 0 unspecified atom stereocenters. The second-order valence-electron chi connectivity index (χ2n) is 9.96. The Morgan fingerprint density at radius 2 is 1.62 bits per heavy atom. The number of pyridine rings is 1. The van der Waals surface area contributed by atoms with Crippen LogP contribution in [0.3, 0.4) is 0 Å². The zero-order chi connectivity index (χ0) is 21.7. The first kappa shape index (κ1) is 19.7. The molecule has 32 heavy (non-hydrogen) atoms. The number of hydrogen-bond acceptors (Lipinski definition) is 2. The van der Waals surface area contributed by atoms with Gasteiger partial charge in [0.25, 0.3) is 0 Å². The van der Waals surface area contributed by atoms with Gasteiger partial charge in [-0.15, -0.1) is 0 Å². The van der Waals surface area contributed by atoms with Crippen LogP contribution in [0.5, 0.6) is 0 Å². The molecule has 6 rings (SSSR count).